The van der Waals surface area contributed by atoms with Crippen LogP contribution in [0.1, 0.15) is 48.8 Å². The Morgan fingerprint density at radius 3 is 2.77 bits per heavy atom. The number of nitrogens with zero attached hydrogens (tertiary/aromatic N) is 1. The molecule has 26 heavy (non-hydrogen) atoms. The zero-order valence-corrected chi connectivity index (χ0v) is 17.8. The van der Waals surface area contributed by atoms with Gasteiger partial charge in [-0.15, -0.1) is 11.8 Å². The lowest BCUT2D eigenvalue weighted by Gasteiger charge is -2.35. The lowest BCUT2D eigenvalue weighted by atomic mass is 9.87. The van der Waals surface area contributed by atoms with Crippen molar-refractivity contribution in [3.8, 4) is 0 Å². The van der Waals surface area contributed by atoms with E-state index < -0.39 is 0 Å². The van der Waals surface area contributed by atoms with Crippen molar-refractivity contribution in [2.45, 2.75) is 63.8 Å². The molecule has 0 aliphatic heterocycles. The van der Waals surface area contributed by atoms with Crippen LogP contribution in [0.4, 0.5) is 0 Å². The van der Waals surface area contributed by atoms with E-state index in [0.29, 0.717) is 6.04 Å². The fourth-order valence-electron chi connectivity index (χ4n) is 3.98. The third kappa shape index (κ3) is 5.09. The SMILES string of the molecule is CCCN(CCCSc1cc(C)oc1C)C1CCc2cc(Cl)ccc2C1. The molecule has 0 amide bonds. The Bertz CT molecular complexity index is 727. The maximum absolute atomic E-state index is 6.15. The molecule has 0 spiro atoms. The third-order valence-electron chi connectivity index (χ3n) is 5.24. The fraction of sp³-hybridized carbons (Fsp3) is 0.545. The number of hydrogen-bond donors (Lipinski definition) is 0. The number of thioether (sulfide) groups is 1. The summed E-state index contributed by atoms with van der Waals surface area (Å²) in [4.78, 5) is 4.01. The Labute approximate surface area is 167 Å². The monoisotopic (exact) mass is 391 g/mol. The average Bonchev–Trinajstić information content (AvgIpc) is 2.94. The Hall–Kier alpha value is -0.900. The van der Waals surface area contributed by atoms with Crippen LogP contribution >= 0.6 is 23.4 Å². The molecule has 0 N–H and O–H groups in total. The van der Waals surface area contributed by atoms with Crippen LogP contribution in [0.3, 0.4) is 0 Å². The van der Waals surface area contributed by atoms with Crippen molar-refractivity contribution in [1.82, 2.24) is 4.90 Å². The number of rotatable bonds is 8. The molecule has 1 heterocycles. The normalized spacial score (nSPS) is 16.9. The first-order chi connectivity index (χ1) is 12.6. The lowest BCUT2D eigenvalue weighted by molar-refractivity contribution is 0.180. The van der Waals surface area contributed by atoms with Gasteiger partial charge in [-0.3, -0.25) is 0 Å². The van der Waals surface area contributed by atoms with E-state index in [0.717, 1.165) is 28.7 Å². The van der Waals surface area contributed by atoms with Crippen LogP contribution in [0, 0.1) is 13.8 Å². The molecule has 0 saturated heterocycles. The van der Waals surface area contributed by atoms with Crippen molar-refractivity contribution in [2.75, 3.05) is 18.8 Å². The van der Waals surface area contributed by atoms with Crippen LogP contribution in [-0.4, -0.2) is 29.8 Å². The molecule has 3 rings (SSSR count). The highest BCUT2D eigenvalue weighted by molar-refractivity contribution is 7.99. The summed E-state index contributed by atoms with van der Waals surface area (Å²) in [5.41, 5.74) is 2.94. The molecule has 1 unspecified atom stereocenters. The summed E-state index contributed by atoms with van der Waals surface area (Å²) in [7, 11) is 0. The van der Waals surface area contributed by atoms with Gasteiger partial charge in [-0.25, -0.2) is 0 Å². The minimum absolute atomic E-state index is 0.673. The van der Waals surface area contributed by atoms with Gasteiger partial charge in [0, 0.05) is 16.0 Å². The molecule has 142 valence electrons. The molecule has 0 fully saturated rings. The van der Waals surface area contributed by atoms with Gasteiger partial charge in [-0.2, -0.15) is 0 Å². The van der Waals surface area contributed by atoms with Crippen LogP contribution in [0.5, 0.6) is 0 Å². The second-order valence-electron chi connectivity index (χ2n) is 7.33. The first-order valence-electron chi connectivity index (χ1n) is 9.78. The second-order valence-corrected chi connectivity index (χ2v) is 8.90. The van der Waals surface area contributed by atoms with Crippen molar-refractivity contribution in [3.63, 3.8) is 0 Å². The Morgan fingerprint density at radius 2 is 2.04 bits per heavy atom. The molecule has 0 bridgehead atoms. The Morgan fingerprint density at radius 1 is 1.19 bits per heavy atom. The van der Waals surface area contributed by atoms with E-state index in [1.54, 1.807) is 0 Å². The zero-order chi connectivity index (χ0) is 18.5. The smallest absolute Gasteiger partial charge is 0.114 e. The predicted molar refractivity (Wildman–Crippen MR) is 113 cm³/mol. The summed E-state index contributed by atoms with van der Waals surface area (Å²) < 4.78 is 5.63. The van der Waals surface area contributed by atoms with Crippen LogP contribution < -0.4 is 0 Å². The van der Waals surface area contributed by atoms with Gasteiger partial charge < -0.3 is 9.32 Å². The number of hydrogen-bond acceptors (Lipinski definition) is 3. The van der Waals surface area contributed by atoms with Gasteiger partial charge in [0.1, 0.15) is 11.5 Å². The second kappa shape index (κ2) is 9.34. The minimum Gasteiger partial charge on any atom is -0.465 e. The zero-order valence-electron chi connectivity index (χ0n) is 16.2. The van der Waals surface area contributed by atoms with Gasteiger partial charge in [-0.05, 0) is 94.1 Å². The molecule has 1 aromatic carbocycles. The number of aryl methyl sites for hydroxylation is 3. The van der Waals surface area contributed by atoms with Gasteiger partial charge in [0.25, 0.3) is 0 Å². The molecular formula is C22H30ClNOS. The van der Waals surface area contributed by atoms with Crippen molar-refractivity contribution in [3.05, 3.63) is 51.9 Å². The molecule has 1 aliphatic carbocycles. The van der Waals surface area contributed by atoms with E-state index in [1.807, 2.05) is 24.8 Å². The van der Waals surface area contributed by atoms with Gasteiger partial charge in [0.2, 0.25) is 0 Å². The summed E-state index contributed by atoms with van der Waals surface area (Å²) >= 11 is 8.08. The summed E-state index contributed by atoms with van der Waals surface area (Å²) in [5, 5.41) is 0.870. The van der Waals surface area contributed by atoms with E-state index in [1.165, 1.54) is 54.8 Å². The molecule has 0 saturated carbocycles. The largest absolute Gasteiger partial charge is 0.465 e. The molecule has 2 nitrogen and oxygen atoms in total. The molecule has 0 radical (unpaired) electrons. The van der Waals surface area contributed by atoms with Gasteiger partial charge in [0.15, 0.2) is 0 Å². The van der Waals surface area contributed by atoms with Gasteiger partial charge >= 0.3 is 0 Å². The predicted octanol–water partition coefficient (Wildman–Crippen LogP) is 6.30. The fourth-order valence-corrected chi connectivity index (χ4v) is 5.16. The van der Waals surface area contributed by atoms with E-state index in [9.17, 15) is 0 Å². The maximum atomic E-state index is 6.15. The number of halogens is 1. The first kappa shape index (κ1) is 19.9. The van der Waals surface area contributed by atoms with Crippen LogP contribution in [0.15, 0.2) is 33.6 Å². The van der Waals surface area contributed by atoms with Crippen molar-refractivity contribution in [2.24, 2.45) is 0 Å². The highest BCUT2D eigenvalue weighted by Crippen LogP contribution is 2.29. The molecular weight excluding hydrogens is 362 g/mol. The van der Waals surface area contributed by atoms with Crippen LogP contribution in [0.25, 0.3) is 0 Å². The number of fused-ring (bicyclic) bond motifs is 1. The molecule has 1 aliphatic rings. The van der Waals surface area contributed by atoms with Crippen LogP contribution in [0.2, 0.25) is 5.02 Å². The topological polar surface area (TPSA) is 16.4 Å². The Balaban J connectivity index is 1.52. The van der Waals surface area contributed by atoms with Crippen LogP contribution in [-0.2, 0) is 12.8 Å². The summed E-state index contributed by atoms with van der Waals surface area (Å²) in [6, 6.07) is 9.26. The Kier molecular flexibility index (Phi) is 7.13. The standard InChI is InChI=1S/C22H30ClNOS/c1-4-10-24(11-5-12-26-22-13-16(2)25-17(22)3)21-9-7-18-14-20(23)8-6-19(18)15-21/h6,8,13-14,21H,4-5,7,9-12,15H2,1-3H3. The summed E-state index contributed by atoms with van der Waals surface area (Å²) in [5.74, 6) is 3.22. The molecule has 1 aromatic heterocycles. The molecule has 1 atom stereocenters. The minimum atomic E-state index is 0.673. The maximum Gasteiger partial charge on any atom is 0.114 e. The van der Waals surface area contributed by atoms with E-state index in [-0.39, 0.29) is 0 Å². The van der Waals surface area contributed by atoms with E-state index in [4.69, 9.17) is 16.0 Å². The van der Waals surface area contributed by atoms with Crippen molar-refractivity contribution < 1.29 is 4.42 Å². The number of benzene rings is 1. The summed E-state index contributed by atoms with van der Waals surface area (Å²) in [6.07, 6.45) is 6.01. The van der Waals surface area contributed by atoms with E-state index >= 15 is 0 Å². The quantitative estimate of drug-likeness (QED) is 0.388. The lowest BCUT2D eigenvalue weighted by Crippen LogP contribution is -2.40. The van der Waals surface area contributed by atoms with Gasteiger partial charge in [0.05, 0.1) is 0 Å². The average molecular weight is 392 g/mol. The third-order valence-corrected chi connectivity index (χ3v) is 6.68. The van der Waals surface area contributed by atoms with Crippen molar-refractivity contribution >= 4 is 23.4 Å². The highest BCUT2D eigenvalue weighted by atomic mass is 35.5. The molecule has 4 heteroatoms. The van der Waals surface area contributed by atoms with Gasteiger partial charge in [-0.1, -0.05) is 24.6 Å². The molecule has 2 aromatic rings. The highest BCUT2D eigenvalue weighted by Gasteiger charge is 2.23. The number of furan rings is 1. The van der Waals surface area contributed by atoms with Crippen molar-refractivity contribution in [1.29, 1.82) is 0 Å². The van der Waals surface area contributed by atoms with E-state index in [2.05, 4.69) is 36.9 Å². The summed E-state index contributed by atoms with van der Waals surface area (Å²) in [6.45, 7) is 8.75. The first-order valence-corrected chi connectivity index (χ1v) is 11.1.